The van der Waals surface area contributed by atoms with E-state index in [2.05, 4.69) is 5.32 Å². The molecule has 0 aliphatic carbocycles. The maximum atomic E-state index is 13.2. The lowest BCUT2D eigenvalue weighted by molar-refractivity contribution is -0.385. The minimum absolute atomic E-state index is 0.00944. The summed E-state index contributed by atoms with van der Waals surface area (Å²) in [6.45, 7) is 1.34. The zero-order chi connectivity index (χ0) is 21.9. The van der Waals surface area contributed by atoms with E-state index in [1.165, 1.54) is 25.3 Å². The van der Waals surface area contributed by atoms with Crippen LogP contribution in [0.15, 0.2) is 36.4 Å². The van der Waals surface area contributed by atoms with E-state index < -0.39 is 28.3 Å². The van der Waals surface area contributed by atoms with Gasteiger partial charge in [0.2, 0.25) is 0 Å². The minimum Gasteiger partial charge on any atom is -0.490 e. The molecular weight excluding hydrogens is 403 g/mol. The molecule has 7 nitrogen and oxygen atoms in total. The van der Waals surface area contributed by atoms with Gasteiger partial charge < -0.3 is 15.0 Å². The van der Waals surface area contributed by atoms with E-state index >= 15 is 0 Å². The predicted octanol–water partition coefficient (Wildman–Crippen LogP) is 4.86. The SMILES string of the molecule is COc1ccc(C(=O)Nc2cc(C(F)(F)F)ccc2N2CCCCC2)cc1[N+](=O)[O-]. The number of alkyl halides is 3. The van der Waals surface area contributed by atoms with Crippen molar-refractivity contribution in [2.45, 2.75) is 25.4 Å². The average Bonchev–Trinajstić information content (AvgIpc) is 2.73. The average molecular weight is 423 g/mol. The van der Waals surface area contributed by atoms with E-state index in [9.17, 15) is 28.1 Å². The molecule has 2 aromatic rings. The van der Waals surface area contributed by atoms with Gasteiger partial charge in [0.15, 0.2) is 5.75 Å². The first kappa shape index (κ1) is 21.4. The van der Waals surface area contributed by atoms with Crippen molar-refractivity contribution >= 4 is 23.0 Å². The Morgan fingerprint density at radius 3 is 2.43 bits per heavy atom. The number of halogens is 3. The van der Waals surface area contributed by atoms with Crippen molar-refractivity contribution < 1.29 is 27.6 Å². The summed E-state index contributed by atoms with van der Waals surface area (Å²) in [7, 11) is 1.26. The fourth-order valence-corrected chi connectivity index (χ4v) is 3.39. The van der Waals surface area contributed by atoms with Crippen LogP contribution < -0.4 is 15.0 Å². The third-order valence-corrected chi connectivity index (χ3v) is 4.91. The third kappa shape index (κ3) is 4.64. The Morgan fingerprint density at radius 1 is 1.13 bits per heavy atom. The number of nitrogens with zero attached hydrogens (tertiary/aromatic N) is 2. The summed E-state index contributed by atoms with van der Waals surface area (Å²) in [4.78, 5) is 25.1. The van der Waals surface area contributed by atoms with E-state index in [0.29, 0.717) is 18.8 Å². The van der Waals surface area contributed by atoms with Gasteiger partial charge in [0, 0.05) is 24.7 Å². The molecule has 1 amide bonds. The number of ether oxygens (including phenoxy) is 1. The summed E-state index contributed by atoms with van der Waals surface area (Å²) >= 11 is 0. The number of amides is 1. The third-order valence-electron chi connectivity index (χ3n) is 4.91. The quantitative estimate of drug-likeness (QED) is 0.548. The molecular formula is C20H20F3N3O4. The molecule has 0 radical (unpaired) electrons. The molecule has 1 N–H and O–H groups in total. The zero-order valence-electron chi connectivity index (χ0n) is 16.2. The Bertz CT molecular complexity index is 957. The maximum Gasteiger partial charge on any atom is 0.416 e. The van der Waals surface area contributed by atoms with Crippen LogP contribution in [0, 0.1) is 10.1 Å². The van der Waals surface area contributed by atoms with Gasteiger partial charge in [0.1, 0.15) is 0 Å². The highest BCUT2D eigenvalue weighted by atomic mass is 19.4. The van der Waals surface area contributed by atoms with Crippen molar-refractivity contribution in [3.63, 3.8) is 0 Å². The predicted molar refractivity (Wildman–Crippen MR) is 105 cm³/mol. The van der Waals surface area contributed by atoms with E-state index in [1.54, 1.807) is 0 Å². The fraction of sp³-hybridized carbons (Fsp3) is 0.350. The molecule has 160 valence electrons. The monoisotopic (exact) mass is 423 g/mol. The smallest absolute Gasteiger partial charge is 0.416 e. The van der Waals surface area contributed by atoms with Crippen LogP contribution in [0.1, 0.15) is 35.2 Å². The van der Waals surface area contributed by atoms with Gasteiger partial charge in [-0.2, -0.15) is 13.2 Å². The van der Waals surface area contributed by atoms with Crippen molar-refractivity contribution in [2.75, 3.05) is 30.4 Å². The Morgan fingerprint density at radius 2 is 1.83 bits per heavy atom. The van der Waals surface area contributed by atoms with Gasteiger partial charge in [0.05, 0.1) is 29.0 Å². The lowest BCUT2D eigenvalue weighted by atomic mass is 10.1. The highest BCUT2D eigenvalue weighted by molar-refractivity contribution is 6.06. The molecule has 1 saturated heterocycles. The number of nitro groups is 1. The molecule has 1 aliphatic rings. The second-order valence-electron chi connectivity index (χ2n) is 6.88. The lowest BCUT2D eigenvalue weighted by Crippen LogP contribution is -2.30. The molecule has 2 aromatic carbocycles. The zero-order valence-corrected chi connectivity index (χ0v) is 16.2. The van der Waals surface area contributed by atoms with Gasteiger partial charge in [-0.3, -0.25) is 14.9 Å². The molecule has 1 heterocycles. The van der Waals surface area contributed by atoms with Crippen LogP contribution in [0.2, 0.25) is 0 Å². The molecule has 1 aliphatic heterocycles. The van der Waals surface area contributed by atoms with Gasteiger partial charge in [-0.25, -0.2) is 0 Å². The van der Waals surface area contributed by atoms with Crippen molar-refractivity contribution in [3.05, 3.63) is 57.6 Å². The first-order chi connectivity index (χ1) is 14.2. The van der Waals surface area contributed by atoms with Crippen molar-refractivity contribution in [3.8, 4) is 5.75 Å². The molecule has 0 saturated carbocycles. The number of benzene rings is 2. The first-order valence-corrected chi connectivity index (χ1v) is 9.30. The second kappa shape index (κ2) is 8.60. The summed E-state index contributed by atoms with van der Waals surface area (Å²) in [5.74, 6) is -0.775. The van der Waals surface area contributed by atoms with Crippen LogP contribution in [-0.2, 0) is 6.18 Å². The van der Waals surface area contributed by atoms with Crippen molar-refractivity contribution in [1.29, 1.82) is 0 Å². The number of anilines is 2. The first-order valence-electron chi connectivity index (χ1n) is 9.30. The van der Waals surface area contributed by atoms with Crippen LogP contribution in [0.25, 0.3) is 0 Å². The number of methoxy groups -OCH3 is 1. The summed E-state index contributed by atoms with van der Waals surface area (Å²) < 4.78 is 44.5. The number of carbonyl (C=O) groups is 1. The summed E-state index contributed by atoms with van der Waals surface area (Å²) in [5.41, 5.74) is -0.872. The summed E-state index contributed by atoms with van der Waals surface area (Å²) in [5, 5.41) is 13.7. The highest BCUT2D eigenvalue weighted by Crippen LogP contribution is 2.37. The van der Waals surface area contributed by atoms with Crippen molar-refractivity contribution in [1.82, 2.24) is 0 Å². The van der Waals surface area contributed by atoms with E-state index in [-0.39, 0.29) is 17.0 Å². The largest absolute Gasteiger partial charge is 0.490 e. The number of nitro benzene ring substituents is 1. The van der Waals surface area contributed by atoms with Crippen LogP contribution >= 0.6 is 0 Å². The Labute approximate surface area is 170 Å². The normalized spacial score (nSPS) is 14.3. The molecule has 3 rings (SSSR count). The molecule has 1 fully saturated rings. The number of rotatable bonds is 5. The molecule has 0 bridgehead atoms. The van der Waals surface area contributed by atoms with Crippen LogP contribution in [0.3, 0.4) is 0 Å². The second-order valence-corrected chi connectivity index (χ2v) is 6.88. The minimum atomic E-state index is -4.57. The molecule has 0 aromatic heterocycles. The molecule has 0 unspecified atom stereocenters. The van der Waals surface area contributed by atoms with E-state index in [1.807, 2.05) is 4.90 Å². The van der Waals surface area contributed by atoms with Gasteiger partial charge in [-0.1, -0.05) is 0 Å². The van der Waals surface area contributed by atoms with E-state index in [0.717, 1.165) is 37.5 Å². The number of nitrogens with one attached hydrogen (secondary N) is 1. The van der Waals surface area contributed by atoms with E-state index in [4.69, 9.17) is 4.74 Å². The topological polar surface area (TPSA) is 84.7 Å². The van der Waals surface area contributed by atoms with Crippen molar-refractivity contribution in [2.24, 2.45) is 0 Å². The fourth-order valence-electron chi connectivity index (χ4n) is 3.39. The Hall–Kier alpha value is -3.30. The van der Waals surface area contributed by atoms with Crippen LogP contribution in [-0.4, -0.2) is 31.0 Å². The number of piperidine rings is 1. The Kier molecular flexibility index (Phi) is 6.14. The van der Waals surface area contributed by atoms with Gasteiger partial charge in [-0.05, 0) is 49.6 Å². The summed E-state index contributed by atoms with van der Waals surface area (Å²) in [6.07, 6.45) is -1.73. The lowest BCUT2D eigenvalue weighted by Gasteiger charge is -2.31. The Balaban J connectivity index is 1.96. The van der Waals surface area contributed by atoms with Crippen LogP contribution in [0.4, 0.5) is 30.2 Å². The number of hydrogen-bond acceptors (Lipinski definition) is 5. The van der Waals surface area contributed by atoms with Gasteiger partial charge in [-0.15, -0.1) is 0 Å². The highest BCUT2D eigenvalue weighted by Gasteiger charge is 2.32. The molecule has 0 atom stereocenters. The number of carbonyl (C=O) groups excluding carboxylic acids is 1. The number of hydrogen-bond donors (Lipinski definition) is 1. The molecule has 10 heteroatoms. The summed E-state index contributed by atoms with van der Waals surface area (Å²) in [6, 6.07) is 6.83. The maximum absolute atomic E-state index is 13.2. The standard InChI is InChI=1S/C20H20F3N3O4/c1-30-18-8-5-13(11-17(18)26(28)29)19(27)24-15-12-14(20(21,22)23)6-7-16(15)25-9-3-2-4-10-25/h5-8,11-12H,2-4,9-10H2,1H3,(H,24,27). The molecule has 0 spiro atoms. The van der Waals surface area contributed by atoms with Crippen LogP contribution in [0.5, 0.6) is 5.75 Å². The molecule has 30 heavy (non-hydrogen) atoms. The van der Waals surface area contributed by atoms with Gasteiger partial charge >= 0.3 is 11.9 Å². The van der Waals surface area contributed by atoms with Gasteiger partial charge in [0.25, 0.3) is 5.91 Å².